The Labute approximate surface area is 172 Å². The summed E-state index contributed by atoms with van der Waals surface area (Å²) in [5.74, 6) is 0.242. The topological polar surface area (TPSA) is 122 Å². The highest BCUT2D eigenvalue weighted by atomic mass is 16.5. The highest BCUT2D eigenvalue weighted by Gasteiger charge is 2.31. The monoisotopic (exact) mass is 408 g/mol. The minimum absolute atomic E-state index is 0.162. The van der Waals surface area contributed by atoms with Crippen molar-refractivity contribution >= 4 is 11.8 Å². The molecular weight excluding hydrogens is 388 g/mol. The van der Waals surface area contributed by atoms with Crippen molar-refractivity contribution in [2.24, 2.45) is 0 Å². The quantitative estimate of drug-likeness (QED) is 0.490. The van der Waals surface area contributed by atoms with E-state index in [9.17, 15) is 9.59 Å². The first kappa shape index (κ1) is 19.5. The Kier molecular flexibility index (Phi) is 5.40. The molecule has 1 aromatic heterocycles. The molecule has 0 bridgehead atoms. The lowest BCUT2D eigenvalue weighted by atomic mass is 10.0. The summed E-state index contributed by atoms with van der Waals surface area (Å²) in [5.41, 5.74) is 3.41. The Morgan fingerprint density at radius 2 is 2.00 bits per heavy atom. The molecule has 0 saturated carbocycles. The van der Waals surface area contributed by atoms with Crippen LogP contribution in [0.5, 0.6) is 5.75 Å². The fraction of sp³-hybridized carbons (Fsp3) is 0.250. The van der Waals surface area contributed by atoms with E-state index in [1.165, 1.54) is 4.68 Å². The molecule has 10 heteroatoms. The van der Waals surface area contributed by atoms with E-state index in [1.54, 1.807) is 35.5 Å². The molecule has 1 unspecified atom stereocenters. The number of aromatic nitrogens is 4. The van der Waals surface area contributed by atoms with Gasteiger partial charge in [0.25, 0.3) is 11.8 Å². The number of aryl methyl sites for hydroxylation is 1. The normalized spacial score (nSPS) is 14.3. The maximum absolute atomic E-state index is 13.6. The number of carbonyl (C=O) groups is 2. The largest absolute Gasteiger partial charge is 0.491 e. The van der Waals surface area contributed by atoms with Gasteiger partial charge in [-0.1, -0.05) is 36.4 Å². The van der Waals surface area contributed by atoms with Crippen LogP contribution in [0.3, 0.4) is 0 Å². The van der Waals surface area contributed by atoms with Gasteiger partial charge in [0.15, 0.2) is 6.04 Å². The highest BCUT2D eigenvalue weighted by molar-refractivity contribution is 5.94. The minimum Gasteiger partial charge on any atom is -0.491 e. The van der Waals surface area contributed by atoms with Gasteiger partial charge in [0.2, 0.25) is 0 Å². The lowest BCUT2D eigenvalue weighted by Crippen LogP contribution is -2.39. The Morgan fingerprint density at radius 3 is 2.70 bits per heavy atom. The van der Waals surface area contributed by atoms with Crippen LogP contribution in [0.4, 0.5) is 0 Å². The molecule has 30 heavy (non-hydrogen) atoms. The predicted molar refractivity (Wildman–Crippen MR) is 104 cm³/mol. The number of ether oxygens (including phenoxy) is 1. The first-order chi connectivity index (χ1) is 14.6. The van der Waals surface area contributed by atoms with Crippen molar-refractivity contribution in [1.82, 2.24) is 30.6 Å². The van der Waals surface area contributed by atoms with Crippen molar-refractivity contribution in [3.63, 3.8) is 0 Å². The molecule has 154 valence electrons. The average molecular weight is 408 g/mol. The third kappa shape index (κ3) is 3.72. The number of hydrogen-bond donors (Lipinski definition) is 2. The Hall–Kier alpha value is -3.79. The standard InChI is InChI=1S/C20H20N6O4/c1-13-21-23-24-26(13)18(14-5-3-2-4-6-14)20(28)25-9-10-30-17-11-15(19(27)22-29)7-8-16(17)12-25/h2-8,11,18,29H,9-10,12H2,1H3,(H,22,27). The maximum atomic E-state index is 13.6. The van der Waals surface area contributed by atoms with Crippen molar-refractivity contribution < 1.29 is 19.5 Å². The van der Waals surface area contributed by atoms with Crippen molar-refractivity contribution in [2.45, 2.75) is 19.5 Å². The molecule has 0 spiro atoms. The van der Waals surface area contributed by atoms with Crippen molar-refractivity contribution in [2.75, 3.05) is 13.2 Å². The Morgan fingerprint density at radius 1 is 1.20 bits per heavy atom. The highest BCUT2D eigenvalue weighted by Crippen LogP contribution is 2.28. The smallest absolute Gasteiger partial charge is 0.274 e. The average Bonchev–Trinajstić information content (AvgIpc) is 3.07. The fourth-order valence-corrected chi connectivity index (χ4v) is 3.44. The summed E-state index contributed by atoms with van der Waals surface area (Å²) in [5, 5.41) is 20.5. The first-order valence-corrected chi connectivity index (χ1v) is 9.37. The van der Waals surface area contributed by atoms with Gasteiger partial charge in [-0.2, -0.15) is 0 Å². The van der Waals surface area contributed by atoms with Gasteiger partial charge in [-0.05, 0) is 35.0 Å². The fourth-order valence-electron chi connectivity index (χ4n) is 3.44. The number of benzene rings is 2. The molecule has 2 heterocycles. The van der Waals surface area contributed by atoms with Gasteiger partial charge >= 0.3 is 0 Å². The minimum atomic E-state index is -0.706. The second-order valence-corrected chi connectivity index (χ2v) is 6.86. The van der Waals surface area contributed by atoms with E-state index in [1.807, 2.05) is 30.3 Å². The number of amides is 2. The van der Waals surface area contributed by atoms with Crippen LogP contribution in [0.15, 0.2) is 48.5 Å². The maximum Gasteiger partial charge on any atom is 0.274 e. The molecule has 0 aliphatic carbocycles. The van der Waals surface area contributed by atoms with Gasteiger partial charge in [0.1, 0.15) is 18.2 Å². The van der Waals surface area contributed by atoms with Gasteiger partial charge in [-0.25, -0.2) is 10.2 Å². The molecule has 4 rings (SSSR count). The molecule has 2 aromatic carbocycles. The van der Waals surface area contributed by atoms with Crippen LogP contribution in [-0.4, -0.2) is 55.3 Å². The lowest BCUT2D eigenvalue weighted by Gasteiger charge is -2.26. The van der Waals surface area contributed by atoms with E-state index in [2.05, 4.69) is 15.5 Å². The first-order valence-electron chi connectivity index (χ1n) is 9.37. The third-order valence-corrected chi connectivity index (χ3v) is 4.97. The number of nitrogens with zero attached hydrogens (tertiary/aromatic N) is 5. The van der Waals surface area contributed by atoms with Crippen LogP contribution >= 0.6 is 0 Å². The Balaban J connectivity index is 1.66. The van der Waals surface area contributed by atoms with Crippen LogP contribution in [0.1, 0.15) is 33.4 Å². The number of carbonyl (C=O) groups excluding carboxylic acids is 2. The summed E-state index contributed by atoms with van der Waals surface area (Å²) in [4.78, 5) is 26.9. The molecule has 0 saturated heterocycles. The molecular formula is C20H20N6O4. The molecule has 1 aliphatic heterocycles. The van der Waals surface area contributed by atoms with Crippen LogP contribution in [0, 0.1) is 6.92 Å². The van der Waals surface area contributed by atoms with Gasteiger partial charge in [0, 0.05) is 17.7 Å². The molecule has 10 nitrogen and oxygen atoms in total. The summed E-state index contributed by atoms with van der Waals surface area (Å²) in [6, 6.07) is 13.5. The van der Waals surface area contributed by atoms with Crippen molar-refractivity contribution in [1.29, 1.82) is 0 Å². The SMILES string of the molecule is Cc1nnnn1C(C(=O)N1CCOc2cc(C(=O)NO)ccc2C1)c1ccccc1. The van der Waals surface area contributed by atoms with Gasteiger partial charge in [-0.15, -0.1) is 5.10 Å². The summed E-state index contributed by atoms with van der Waals surface area (Å²) in [6.45, 7) is 2.68. The zero-order valence-corrected chi connectivity index (χ0v) is 16.2. The molecule has 1 atom stereocenters. The number of nitrogens with one attached hydrogen (secondary N) is 1. The summed E-state index contributed by atoms with van der Waals surface area (Å²) in [7, 11) is 0. The zero-order chi connectivity index (χ0) is 21.1. The molecule has 0 radical (unpaired) electrons. The number of rotatable bonds is 4. The second kappa shape index (κ2) is 8.29. The second-order valence-electron chi connectivity index (χ2n) is 6.86. The van der Waals surface area contributed by atoms with E-state index in [-0.39, 0.29) is 18.1 Å². The van der Waals surface area contributed by atoms with E-state index >= 15 is 0 Å². The lowest BCUT2D eigenvalue weighted by molar-refractivity contribution is -0.134. The van der Waals surface area contributed by atoms with Crippen LogP contribution in [-0.2, 0) is 11.3 Å². The molecule has 2 N–H and O–H groups in total. The van der Waals surface area contributed by atoms with E-state index in [0.717, 1.165) is 11.1 Å². The zero-order valence-electron chi connectivity index (χ0n) is 16.2. The molecule has 1 aliphatic rings. The summed E-state index contributed by atoms with van der Waals surface area (Å²) >= 11 is 0. The summed E-state index contributed by atoms with van der Waals surface area (Å²) < 4.78 is 7.27. The van der Waals surface area contributed by atoms with E-state index in [4.69, 9.17) is 9.94 Å². The van der Waals surface area contributed by atoms with Crippen LogP contribution < -0.4 is 10.2 Å². The Bertz CT molecular complexity index is 1070. The molecule has 2 amide bonds. The summed E-state index contributed by atoms with van der Waals surface area (Å²) in [6.07, 6.45) is 0. The van der Waals surface area contributed by atoms with Crippen LogP contribution in [0.25, 0.3) is 0 Å². The number of fused-ring (bicyclic) bond motifs is 1. The van der Waals surface area contributed by atoms with E-state index in [0.29, 0.717) is 24.7 Å². The van der Waals surface area contributed by atoms with Crippen molar-refractivity contribution in [3.8, 4) is 5.75 Å². The molecule has 3 aromatic rings. The van der Waals surface area contributed by atoms with Gasteiger partial charge in [-0.3, -0.25) is 14.8 Å². The number of hydroxylamine groups is 1. The number of tetrazole rings is 1. The molecule has 0 fully saturated rings. The van der Waals surface area contributed by atoms with Crippen molar-refractivity contribution in [3.05, 3.63) is 71.0 Å². The predicted octanol–water partition coefficient (Wildman–Crippen LogP) is 1.11. The van der Waals surface area contributed by atoms with Crippen LogP contribution in [0.2, 0.25) is 0 Å². The van der Waals surface area contributed by atoms with Gasteiger partial charge in [0.05, 0.1) is 6.54 Å². The third-order valence-electron chi connectivity index (χ3n) is 4.97. The van der Waals surface area contributed by atoms with Gasteiger partial charge < -0.3 is 9.64 Å². The van der Waals surface area contributed by atoms with E-state index < -0.39 is 11.9 Å². The number of hydrogen-bond acceptors (Lipinski definition) is 7.